The Bertz CT molecular complexity index is 1570. The van der Waals surface area contributed by atoms with Gasteiger partial charge in [0.15, 0.2) is 0 Å². The predicted molar refractivity (Wildman–Crippen MR) is 130 cm³/mol. The van der Waals surface area contributed by atoms with Crippen LogP contribution in [-0.2, 0) is 22.9 Å². The van der Waals surface area contributed by atoms with Gasteiger partial charge in [0.05, 0.1) is 33.6 Å². The van der Waals surface area contributed by atoms with Crippen molar-refractivity contribution < 1.29 is 22.3 Å². The smallest absolute Gasteiger partial charge is 0.329 e. The molecule has 0 unspecified atom stereocenters. The van der Waals surface area contributed by atoms with Gasteiger partial charge in [0, 0.05) is 18.7 Å². The second-order valence-electron chi connectivity index (χ2n) is 7.75. The number of amides is 1. The number of hydrogen-bond donors (Lipinski definition) is 1. The monoisotopic (exact) mass is 497 g/mol. The first-order valence-electron chi connectivity index (χ1n) is 10.9. The van der Waals surface area contributed by atoms with E-state index in [2.05, 4.69) is 5.32 Å². The minimum Gasteiger partial charge on any atom is -0.497 e. The maximum atomic E-state index is 13.7. The first kappa shape index (κ1) is 24.2. The number of ether oxygens (including phenoxy) is 1. The van der Waals surface area contributed by atoms with Gasteiger partial charge in [-0.05, 0) is 74.5 Å². The number of aryl methyl sites for hydroxylation is 2. The van der Waals surface area contributed by atoms with Gasteiger partial charge in [-0.3, -0.25) is 13.9 Å². The summed E-state index contributed by atoms with van der Waals surface area (Å²) >= 11 is 0. The van der Waals surface area contributed by atoms with Gasteiger partial charge in [-0.1, -0.05) is 0 Å². The van der Waals surface area contributed by atoms with E-state index in [1.807, 2.05) is 0 Å². The lowest BCUT2D eigenvalue weighted by Crippen LogP contribution is -2.23. The molecule has 0 aliphatic carbocycles. The van der Waals surface area contributed by atoms with Gasteiger partial charge < -0.3 is 10.1 Å². The highest BCUT2D eigenvalue weighted by atomic mass is 32.2. The van der Waals surface area contributed by atoms with Gasteiger partial charge in [0.2, 0.25) is 9.84 Å². The molecule has 1 amide bonds. The Labute approximate surface area is 201 Å². The van der Waals surface area contributed by atoms with Crippen LogP contribution in [0.2, 0.25) is 0 Å². The topological polar surface area (TPSA) is 99.4 Å². The van der Waals surface area contributed by atoms with Gasteiger partial charge in [-0.15, -0.1) is 0 Å². The van der Waals surface area contributed by atoms with Gasteiger partial charge >= 0.3 is 5.69 Å². The standard InChI is InChI=1S/C25H24FN3O5S/c1-4-28-21-14-20(27-24(30)16-6-8-17(26)9-7-16)23(15-22(21)29(5-2)25(28)31)35(32,33)19-12-10-18(34-3)11-13-19/h6-15H,4-5H2,1-3H3,(H,27,30). The SMILES string of the molecule is CCn1c(=O)n(CC)c2cc(S(=O)(=O)c3ccc(OC)cc3)c(NC(=O)c3ccc(F)cc3)cc21. The Morgan fingerprint density at radius 1 is 0.943 bits per heavy atom. The third-order valence-corrected chi connectivity index (χ3v) is 7.58. The molecular weight excluding hydrogens is 473 g/mol. The van der Waals surface area contributed by atoms with Crippen LogP contribution in [0.1, 0.15) is 24.2 Å². The second-order valence-corrected chi connectivity index (χ2v) is 9.67. The molecule has 0 radical (unpaired) electrons. The number of halogens is 1. The number of aromatic nitrogens is 2. The van der Waals surface area contributed by atoms with Crippen LogP contribution < -0.4 is 15.7 Å². The molecule has 0 spiro atoms. The zero-order chi connectivity index (χ0) is 25.3. The highest BCUT2D eigenvalue weighted by Crippen LogP contribution is 2.33. The van der Waals surface area contributed by atoms with Gasteiger partial charge in [-0.2, -0.15) is 0 Å². The van der Waals surface area contributed by atoms with Crippen LogP contribution >= 0.6 is 0 Å². The molecular formula is C25H24FN3O5S. The van der Waals surface area contributed by atoms with E-state index in [0.29, 0.717) is 29.9 Å². The lowest BCUT2D eigenvalue weighted by molar-refractivity contribution is 0.102. The van der Waals surface area contributed by atoms with Crippen molar-refractivity contribution in [3.8, 4) is 5.75 Å². The predicted octanol–water partition coefficient (Wildman–Crippen LogP) is 4.08. The summed E-state index contributed by atoms with van der Waals surface area (Å²) < 4.78 is 48.8. The first-order valence-corrected chi connectivity index (χ1v) is 12.4. The van der Waals surface area contributed by atoms with Crippen molar-refractivity contribution in [3.63, 3.8) is 0 Å². The fourth-order valence-electron chi connectivity index (χ4n) is 3.95. The summed E-state index contributed by atoms with van der Waals surface area (Å²) in [6.07, 6.45) is 0. The number of methoxy groups -OCH3 is 1. The summed E-state index contributed by atoms with van der Waals surface area (Å²) in [6.45, 7) is 4.30. The Balaban J connectivity index is 1.94. The first-order chi connectivity index (χ1) is 16.7. The molecule has 3 aromatic carbocycles. The van der Waals surface area contributed by atoms with E-state index in [9.17, 15) is 22.4 Å². The minimum atomic E-state index is -4.11. The maximum absolute atomic E-state index is 13.7. The largest absolute Gasteiger partial charge is 0.497 e. The van der Waals surface area contributed by atoms with Crippen molar-refractivity contribution in [3.05, 3.63) is 82.5 Å². The lowest BCUT2D eigenvalue weighted by Gasteiger charge is -2.14. The summed E-state index contributed by atoms with van der Waals surface area (Å²) in [4.78, 5) is 25.6. The molecule has 0 aliphatic heterocycles. The van der Waals surface area contributed by atoms with E-state index in [1.54, 1.807) is 13.8 Å². The quantitative estimate of drug-likeness (QED) is 0.415. The number of fused-ring (bicyclic) bond motifs is 1. The third-order valence-electron chi connectivity index (χ3n) is 5.77. The van der Waals surface area contributed by atoms with Crippen LogP contribution in [0.3, 0.4) is 0 Å². The Kier molecular flexibility index (Phi) is 6.49. The number of benzene rings is 3. The third kappa shape index (κ3) is 4.32. The van der Waals surface area contributed by atoms with E-state index in [1.165, 1.54) is 64.8 Å². The van der Waals surface area contributed by atoms with Crippen molar-refractivity contribution in [2.24, 2.45) is 0 Å². The van der Waals surface area contributed by atoms with Crippen LogP contribution in [0.25, 0.3) is 11.0 Å². The Morgan fingerprint density at radius 2 is 1.51 bits per heavy atom. The molecule has 0 fully saturated rings. The molecule has 8 nitrogen and oxygen atoms in total. The molecule has 4 aromatic rings. The fourth-order valence-corrected chi connectivity index (χ4v) is 5.37. The summed E-state index contributed by atoms with van der Waals surface area (Å²) in [7, 11) is -2.64. The average molecular weight is 498 g/mol. The molecule has 0 atom stereocenters. The molecule has 1 N–H and O–H groups in total. The number of anilines is 1. The lowest BCUT2D eigenvalue weighted by atomic mass is 10.2. The van der Waals surface area contributed by atoms with Gasteiger partial charge in [0.1, 0.15) is 11.6 Å². The number of hydrogen-bond acceptors (Lipinski definition) is 5. The number of rotatable bonds is 7. The Morgan fingerprint density at radius 3 is 2.06 bits per heavy atom. The number of imidazole rings is 1. The summed E-state index contributed by atoms with van der Waals surface area (Å²) in [5.74, 6) is -0.626. The zero-order valence-corrected chi connectivity index (χ0v) is 20.2. The molecule has 4 rings (SSSR count). The average Bonchev–Trinajstić information content (AvgIpc) is 3.13. The molecule has 1 heterocycles. The van der Waals surface area contributed by atoms with E-state index >= 15 is 0 Å². The van der Waals surface area contributed by atoms with Crippen molar-refractivity contribution >= 4 is 32.5 Å². The van der Waals surface area contributed by atoms with Crippen LogP contribution in [0, 0.1) is 5.82 Å². The molecule has 35 heavy (non-hydrogen) atoms. The van der Waals surface area contributed by atoms with Crippen LogP contribution in [0.15, 0.2) is 75.2 Å². The normalized spacial score (nSPS) is 11.5. The van der Waals surface area contributed by atoms with Crippen LogP contribution in [-0.4, -0.2) is 30.6 Å². The highest BCUT2D eigenvalue weighted by Gasteiger charge is 2.26. The van der Waals surface area contributed by atoms with Crippen molar-refractivity contribution in [1.29, 1.82) is 0 Å². The van der Waals surface area contributed by atoms with Crippen LogP contribution in [0.4, 0.5) is 10.1 Å². The summed E-state index contributed by atoms with van der Waals surface area (Å²) in [5.41, 5.74) is 0.810. The van der Waals surface area contributed by atoms with E-state index in [-0.39, 0.29) is 26.7 Å². The van der Waals surface area contributed by atoms with Crippen molar-refractivity contribution in [2.75, 3.05) is 12.4 Å². The molecule has 0 aliphatic rings. The molecule has 0 bridgehead atoms. The Hall–Kier alpha value is -3.92. The molecule has 1 aromatic heterocycles. The molecule has 0 saturated heterocycles. The molecule has 0 saturated carbocycles. The number of carbonyl (C=O) groups excluding carboxylic acids is 1. The fraction of sp³-hybridized carbons (Fsp3) is 0.200. The van der Waals surface area contributed by atoms with E-state index < -0.39 is 21.6 Å². The van der Waals surface area contributed by atoms with Gasteiger partial charge in [0.25, 0.3) is 5.91 Å². The van der Waals surface area contributed by atoms with Gasteiger partial charge in [-0.25, -0.2) is 17.6 Å². The number of sulfone groups is 1. The highest BCUT2D eigenvalue weighted by molar-refractivity contribution is 7.91. The molecule has 10 heteroatoms. The van der Waals surface area contributed by atoms with Crippen molar-refractivity contribution in [1.82, 2.24) is 9.13 Å². The maximum Gasteiger partial charge on any atom is 0.329 e. The van der Waals surface area contributed by atoms with E-state index in [0.717, 1.165) is 12.1 Å². The van der Waals surface area contributed by atoms with E-state index in [4.69, 9.17) is 4.74 Å². The molecule has 182 valence electrons. The number of nitrogens with zero attached hydrogens (tertiary/aromatic N) is 2. The second kappa shape index (κ2) is 9.38. The van der Waals surface area contributed by atoms with Crippen LogP contribution in [0.5, 0.6) is 5.75 Å². The minimum absolute atomic E-state index is 0.00440. The number of nitrogens with one attached hydrogen (secondary N) is 1. The van der Waals surface area contributed by atoms with Crippen molar-refractivity contribution in [2.45, 2.75) is 36.7 Å². The summed E-state index contributed by atoms with van der Waals surface area (Å²) in [5, 5.41) is 2.65. The zero-order valence-electron chi connectivity index (χ0n) is 19.4. The summed E-state index contributed by atoms with van der Waals surface area (Å²) in [6, 6.07) is 13.7. The number of carbonyl (C=O) groups is 1.